The van der Waals surface area contributed by atoms with Crippen molar-refractivity contribution in [2.75, 3.05) is 24.3 Å². The van der Waals surface area contributed by atoms with Crippen LogP contribution in [0.1, 0.15) is 5.56 Å². The van der Waals surface area contributed by atoms with Gasteiger partial charge in [0.2, 0.25) is 5.91 Å². The zero-order valence-corrected chi connectivity index (χ0v) is 17.9. The predicted molar refractivity (Wildman–Crippen MR) is 123 cm³/mol. The number of aryl methyl sites for hydroxylation is 1. The van der Waals surface area contributed by atoms with E-state index >= 15 is 0 Å². The standard InChI is InChI=1S/C23H22N4O2S/c1-15-4-6-16(7-5-15)19-13-30-22-21(19)23(29)27(14-24-22)12-20(28)25-17-8-10-18(11-9-17)26(2)3/h4-11,13-14H,12H2,1-3H3,(H,25,28). The molecule has 6 nitrogen and oxygen atoms in total. The minimum absolute atomic E-state index is 0.0968. The Morgan fingerprint density at radius 3 is 2.47 bits per heavy atom. The SMILES string of the molecule is Cc1ccc(-c2csc3ncn(CC(=O)Nc4ccc(N(C)C)cc4)c(=O)c23)cc1. The number of aromatic nitrogens is 2. The highest BCUT2D eigenvalue weighted by Gasteiger charge is 2.15. The van der Waals surface area contributed by atoms with Gasteiger partial charge >= 0.3 is 0 Å². The summed E-state index contributed by atoms with van der Waals surface area (Å²) in [5.74, 6) is -0.275. The summed E-state index contributed by atoms with van der Waals surface area (Å²) < 4.78 is 1.36. The molecule has 0 aliphatic rings. The van der Waals surface area contributed by atoms with Crippen molar-refractivity contribution in [1.82, 2.24) is 9.55 Å². The summed E-state index contributed by atoms with van der Waals surface area (Å²) in [5, 5.41) is 5.33. The molecule has 0 saturated carbocycles. The number of carbonyl (C=O) groups excluding carboxylic acids is 1. The highest BCUT2D eigenvalue weighted by Crippen LogP contribution is 2.30. The second-order valence-corrected chi connectivity index (χ2v) is 8.22. The summed E-state index contributed by atoms with van der Waals surface area (Å²) in [6.07, 6.45) is 1.44. The summed E-state index contributed by atoms with van der Waals surface area (Å²) in [4.78, 5) is 32.7. The largest absolute Gasteiger partial charge is 0.378 e. The number of rotatable bonds is 5. The number of hydrogen-bond acceptors (Lipinski definition) is 5. The first kappa shape index (κ1) is 19.8. The Morgan fingerprint density at radius 1 is 1.10 bits per heavy atom. The number of hydrogen-bond donors (Lipinski definition) is 1. The number of fused-ring (bicyclic) bond motifs is 1. The van der Waals surface area contributed by atoms with Crippen LogP contribution in [0.3, 0.4) is 0 Å². The average Bonchev–Trinajstić information content (AvgIpc) is 3.16. The van der Waals surface area contributed by atoms with E-state index in [1.807, 2.05) is 79.8 Å². The maximum absolute atomic E-state index is 13.1. The van der Waals surface area contributed by atoms with Gasteiger partial charge in [-0.1, -0.05) is 29.8 Å². The molecule has 2 heterocycles. The molecule has 0 atom stereocenters. The van der Waals surface area contributed by atoms with Crippen LogP contribution in [0.4, 0.5) is 11.4 Å². The molecule has 0 radical (unpaired) electrons. The molecule has 2 aromatic heterocycles. The molecule has 0 bridgehead atoms. The normalized spacial score (nSPS) is 10.9. The molecule has 1 N–H and O–H groups in total. The van der Waals surface area contributed by atoms with E-state index in [0.29, 0.717) is 15.9 Å². The monoisotopic (exact) mass is 418 g/mol. The van der Waals surface area contributed by atoms with E-state index in [1.54, 1.807) is 0 Å². The first-order valence-electron chi connectivity index (χ1n) is 9.53. The van der Waals surface area contributed by atoms with Crippen molar-refractivity contribution in [3.63, 3.8) is 0 Å². The molecular weight excluding hydrogens is 396 g/mol. The zero-order valence-electron chi connectivity index (χ0n) is 17.0. The van der Waals surface area contributed by atoms with Crippen LogP contribution in [-0.2, 0) is 11.3 Å². The fourth-order valence-electron chi connectivity index (χ4n) is 3.22. The van der Waals surface area contributed by atoms with Crippen LogP contribution >= 0.6 is 11.3 Å². The fourth-order valence-corrected chi connectivity index (χ4v) is 4.13. The number of amides is 1. The van der Waals surface area contributed by atoms with Crippen LogP contribution in [0.5, 0.6) is 0 Å². The van der Waals surface area contributed by atoms with Crippen molar-refractivity contribution < 1.29 is 4.79 Å². The van der Waals surface area contributed by atoms with Gasteiger partial charge in [0, 0.05) is 36.4 Å². The van der Waals surface area contributed by atoms with Crippen LogP contribution in [0.25, 0.3) is 21.3 Å². The van der Waals surface area contributed by atoms with E-state index < -0.39 is 0 Å². The number of thiophene rings is 1. The fraction of sp³-hybridized carbons (Fsp3) is 0.174. The van der Waals surface area contributed by atoms with E-state index in [-0.39, 0.29) is 18.0 Å². The molecule has 2 aromatic carbocycles. The molecule has 4 rings (SSSR count). The lowest BCUT2D eigenvalue weighted by Gasteiger charge is -2.13. The maximum atomic E-state index is 13.1. The predicted octanol–water partition coefficient (Wildman–Crippen LogP) is 4.14. The number of nitrogens with zero attached hydrogens (tertiary/aromatic N) is 3. The van der Waals surface area contributed by atoms with Gasteiger partial charge in [-0.25, -0.2) is 4.98 Å². The number of carbonyl (C=O) groups is 1. The Morgan fingerprint density at radius 2 is 1.80 bits per heavy atom. The van der Waals surface area contributed by atoms with Crippen molar-refractivity contribution >= 4 is 38.8 Å². The van der Waals surface area contributed by atoms with Crippen molar-refractivity contribution in [3.8, 4) is 11.1 Å². The van der Waals surface area contributed by atoms with Gasteiger partial charge in [-0.15, -0.1) is 11.3 Å². The molecule has 0 aliphatic heterocycles. The zero-order chi connectivity index (χ0) is 21.3. The van der Waals surface area contributed by atoms with E-state index in [1.165, 1.54) is 22.2 Å². The van der Waals surface area contributed by atoms with Crippen LogP contribution < -0.4 is 15.8 Å². The van der Waals surface area contributed by atoms with Gasteiger partial charge in [-0.2, -0.15) is 0 Å². The van der Waals surface area contributed by atoms with Crippen LogP contribution in [0.15, 0.2) is 65.0 Å². The summed E-state index contributed by atoms with van der Waals surface area (Å²) in [6, 6.07) is 15.6. The van der Waals surface area contributed by atoms with Gasteiger partial charge in [0.1, 0.15) is 11.4 Å². The minimum Gasteiger partial charge on any atom is -0.378 e. The summed E-state index contributed by atoms with van der Waals surface area (Å²) in [5.41, 5.74) is 4.48. The average molecular weight is 419 g/mol. The second kappa shape index (κ2) is 8.12. The molecule has 152 valence electrons. The number of benzene rings is 2. The van der Waals surface area contributed by atoms with E-state index in [9.17, 15) is 9.59 Å². The Bertz CT molecular complexity index is 1260. The molecule has 4 aromatic rings. The van der Waals surface area contributed by atoms with Crippen LogP contribution in [0.2, 0.25) is 0 Å². The van der Waals surface area contributed by atoms with Gasteiger partial charge in [0.05, 0.1) is 11.7 Å². The van der Waals surface area contributed by atoms with Crippen molar-refractivity contribution in [2.45, 2.75) is 13.5 Å². The molecule has 7 heteroatoms. The van der Waals surface area contributed by atoms with Gasteiger partial charge in [0.15, 0.2) is 0 Å². The van der Waals surface area contributed by atoms with Gasteiger partial charge in [0.25, 0.3) is 5.56 Å². The number of nitrogens with one attached hydrogen (secondary N) is 1. The minimum atomic E-state index is -0.275. The molecule has 0 fully saturated rings. The molecule has 1 amide bonds. The topological polar surface area (TPSA) is 67.2 Å². The first-order chi connectivity index (χ1) is 14.4. The van der Waals surface area contributed by atoms with E-state index in [2.05, 4.69) is 10.3 Å². The Kier molecular flexibility index (Phi) is 5.37. The second-order valence-electron chi connectivity index (χ2n) is 7.36. The molecule has 30 heavy (non-hydrogen) atoms. The number of anilines is 2. The van der Waals surface area contributed by atoms with E-state index in [4.69, 9.17) is 0 Å². The van der Waals surface area contributed by atoms with Crippen molar-refractivity contribution in [2.24, 2.45) is 0 Å². The molecular formula is C23H22N4O2S. The molecule has 0 spiro atoms. The van der Waals surface area contributed by atoms with Crippen molar-refractivity contribution in [1.29, 1.82) is 0 Å². The first-order valence-corrected chi connectivity index (χ1v) is 10.4. The summed E-state index contributed by atoms with van der Waals surface area (Å²) in [6.45, 7) is 1.93. The Labute approximate surface area is 178 Å². The lowest BCUT2D eigenvalue weighted by atomic mass is 10.1. The Balaban J connectivity index is 1.59. The maximum Gasteiger partial charge on any atom is 0.263 e. The van der Waals surface area contributed by atoms with Crippen LogP contribution in [0, 0.1) is 6.92 Å². The third-order valence-corrected chi connectivity index (χ3v) is 5.79. The summed E-state index contributed by atoms with van der Waals surface area (Å²) in [7, 11) is 3.91. The lowest BCUT2D eigenvalue weighted by molar-refractivity contribution is -0.116. The van der Waals surface area contributed by atoms with Gasteiger partial charge in [-0.05, 0) is 36.8 Å². The quantitative estimate of drug-likeness (QED) is 0.529. The smallest absolute Gasteiger partial charge is 0.263 e. The highest BCUT2D eigenvalue weighted by atomic mass is 32.1. The van der Waals surface area contributed by atoms with Crippen molar-refractivity contribution in [3.05, 3.63) is 76.2 Å². The van der Waals surface area contributed by atoms with E-state index in [0.717, 1.165) is 22.4 Å². The third kappa shape index (κ3) is 3.97. The lowest BCUT2D eigenvalue weighted by Crippen LogP contribution is -2.27. The molecule has 0 saturated heterocycles. The van der Waals surface area contributed by atoms with Gasteiger partial charge < -0.3 is 10.2 Å². The van der Waals surface area contributed by atoms with Crippen LogP contribution in [-0.4, -0.2) is 29.6 Å². The molecule has 0 unspecified atom stereocenters. The summed E-state index contributed by atoms with van der Waals surface area (Å²) >= 11 is 1.43. The van der Waals surface area contributed by atoms with Gasteiger partial charge in [-0.3, -0.25) is 14.2 Å². The molecule has 0 aliphatic carbocycles. The highest BCUT2D eigenvalue weighted by molar-refractivity contribution is 7.17. The Hall–Kier alpha value is -3.45. The third-order valence-electron chi connectivity index (χ3n) is 4.90.